The van der Waals surface area contributed by atoms with Crippen LogP contribution in [0.15, 0.2) is 12.7 Å². The number of hydrogen-bond acceptors (Lipinski definition) is 4. The molecule has 0 atom stereocenters. The van der Waals surface area contributed by atoms with Gasteiger partial charge in [0.05, 0.1) is 7.11 Å². The molecule has 0 aromatic carbocycles. The van der Waals surface area contributed by atoms with Crippen LogP contribution in [0.25, 0.3) is 0 Å². The molecule has 0 aromatic rings. The normalized spacial score (nSPS) is 9.58. The number of rotatable bonds is 8. The summed E-state index contributed by atoms with van der Waals surface area (Å²) in [5.74, 6) is -1.42. The highest BCUT2D eigenvalue weighted by Crippen LogP contribution is 2.01. The molecule has 0 unspecified atom stereocenters. The lowest BCUT2D eigenvalue weighted by molar-refractivity contribution is -0.140. The third-order valence-electron chi connectivity index (χ3n) is 2.37. The van der Waals surface area contributed by atoms with Gasteiger partial charge in [0.2, 0.25) is 0 Å². The first-order valence-electron chi connectivity index (χ1n) is 5.82. The van der Waals surface area contributed by atoms with Crippen molar-refractivity contribution in [2.75, 3.05) is 33.8 Å². The third-order valence-corrected chi connectivity index (χ3v) is 2.37. The molecule has 0 aliphatic carbocycles. The zero-order chi connectivity index (χ0) is 14.8. The molecule has 7 nitrogen and oxygen atoms in total. The number of carbonyl (C=O) groups is 3. The Kier molecular flexibility index (Phi) is 7.99. The van der Waals surface area contributed by atoms with Gasteiger partial charge in [-0.3, -0.25) is 9.59 Å². The summed E-state index contributed by atoms with van der Waals surface area (Å²) in [6.45, 7) is 3.60. The maximum absolute atomic E-state index is 11.9. The van der Waals surface area contributed by atoms with Crippen LogP contribution in [0, 0.1) is 0 Å². The molecule has 0 radical (unpaired) electrons. The van der Waals surface area contributed by atoms with Gasteiger partial charge in [-0.05, 0) is 6.42 Å². The van der Waals surface area contributed by atoms with E-state index in [0.717, 1.165) is 4.90 Å². The molecule has 108 valence electrons. The molecule has 0 heterocycles. The van der Waals surface area contributed by atoms with E-state index in [2.05, 4.69) is 11.3 Å². The van der Waals surface area contributed by atoms with E-state index in [1.165, 1.54) is 18.1 Å². The minimum Gasteiger partial charge on any atom is -0.480 e. The van der Waals surface area contributed by atoms with E-state index < -0.39 is 12.0 Å². The van der Waals surface area contributed by atoms with Crippen molar-refractivity contribution in [3.63, 3.8) is 0 Å². The fraction of sp³-hybridized carbons (Fsp3) is 0.583. The van der Waals surface area contributed by atoms with Gasteiger partial charge in [-0.2, -0.15) is 0 Å². The Labute approximate surface area is 112 Å². The van der Waals surface area contributed by atoms with E-state index in [4.69, 9.17) is 5.11 Å². The molecule has 0 aliphatic rings. The average molecular weight is 272 g/mol. The molecule has 0 saturated carbocycles. The van der Waals surface area contributed by atoms with Gasteiger partial charge in [0.15, 0.2) is 0 Å². The molecule has 0 saturated heterocycles. The Balaban J connectivity index is 4.29. The molecule has 19 heavy (non-hydrogen) atoms. The highest BCUT2D eigenvalue weighted by molar-refractivity contribution is 5.80. The predicted octanol–water partition coefficient (Wildman–Crippen LogP) is 0.564. The fourth-order valence-corrected chi connectivity index (χ4v) is 1.43. The Morgan fingerprint density at radius 3 is 2.47 bits per heavy atom. The first-order chi connectivity index (χ1) is 8.92. The van der Waals surface area contributed by atoms with Crippen LogP contribution in [-0.4, -0.2) is 66.7 Å². The SMILES string of the molecule is C=CCN(CC(=O)O)C(=O)N(C)CCCC(=O)OC. The Bertz CT molecular complexity index is 343. The highest BCUT2D eigenvalue weighted by Gasteiger charge is 2.19. The summed E-state index contributed by atoms with van der Waals surface area (Å²) in [6.07, 6.45) is 2.14. The summed E-state index contributed by atoms with van der Waals surface area (Å²) in [4.78, 5) is 36.0. The van der Waals surface area contributed by atoms with Crippen molar-refractivity contribution in [2.24, 2.45) is 0 Å². The molecule has 2 amide bonds. The number of aliphatic carboxylic acids is 1. The van der Waals surface area contributed by atoms with Crippen LogP contribution in [0.3, 0.4) is 0 Å². The summed E-state index contributed by atoms with van der Waals surface area (Å²) in [5.41, 5.74) is 0. The van der Waals surface area contributed by atoms with Crippen LogP contribution in [0.2, 0.25) is 0 Å². The molecule has 7 heteroatoms. The third kappa shape index (κ3) is 7.07. The average Bonchev–Trinajstić information content (AvgIpc) is 2.36. The molecule has 0 rings (SSSR count). The largest absolute Gasteiger partial charge is 0.480 e. The summed E-state index contributed by atoms with van der Waals surface area (Å²) < 4.78 is 4.49. The predicted molar refractivity (Wildman–Crippen MR) is 68.7 cm³/mol. The minimum absolute atomic E-state index is 0.159. The van der Waals surface area contributed by atoms with Crippen molar-refractivity contribution >= 4 is 18.0 Å². The minimum atomic E-state index is -1.09. The van der Waals surface area contributed by atoms with E-state index >= 15 is 0 Å². The van der Waals surface area contributed by atoms with Crippen LogP contribution in [0.5, 0.6) is 0 Å². The fourth-order valence-electron chi connectivity index (χ4n) is 1.43. The first kappa shape index (κ1) is 16.9. The Hall–Kier alpha value is -2.05. The van der Waals surface area contributed by atoms with Gasteiger partial charge < -0.3 is 19.6 Å². The van der Waals surface area contributed by atoms with Crippen molar-refractivity contribution in [1.82, 2.24) is 9.80 Å². The smallest absolute Gasteiger partial charge is 0.323 e. The van der Waals surface area contributed by atoms with Crippen LogP contribution in [0.1, 0.15) is 12.8 Å². The molecular formula is C12H20N2O5. The molecule has 0 aliphatic heterocycles. The van der Waals surface area contributed by atoms with Crippen LogP contribution in [-0.2, 0) is 14.3 Å². The number of amides is 2. The highest BCUT2D eigenvalue weighted by atomic mass is 16.5. The molecule has 0 bridgehead atoms. The lowest BCUT2D eigenvalue weighted by Gasteiger charge is -2.25. The molecular weight excluding hydrogens is 252 g/mol. The molecule has 0 spiro atoms. The zero-order valence-corrected chi connectivity index (χ0v) is 11.3. The van der Waals surface area contributed by atoms with Crippen molar-refractivity contribution in [1.29, 1.82) is 0 Å². The van der Waals surface area contributed by atoms with Crippen molar-refractivity contribution in [3.05, 3.63) is 12.7 Å². The summed E-state index contributed by atoms with van der Waals surface area (Å²) in [6, 6.07) is -0.410. The van der Waals surface area contributed by atoms with Crippen molar-refractivity contribution in [3.8, 4) is 0 Å². The number of nitrogens with zero attached hydrogens (tertiary/aromatic N) is 2. The van der Waals surface area contributed by atoms with Gasteiger partial charge >= 0.3 is 18.0 Å². The Morgan fingerprint density at radius 1 is 1.37 bits per heavy atom. The van der Waals surface area contributed by atoms with Gasteiger partial charge in [0.1, 0.15) is 6.54 Å². The number of carboxylic acids is 1. The number of esters is 1. The van der Waals surface area contributed by atoms with Gasteiger partial charge in [-0.25, -0.2) is 4.79 Å². The molecule has 0 fully saturated rings. The number of carboxylic acid groups (broad SMARTS) is 1. The van der Waals surface area contributed by atoms with Gasteiger partial charge in [-0.15, -0.1) is 6.58 Å². The van der Waals surface area contributed by atoms with Crippen molar-refractivity contribution < 1.29 is 24.2 Å². The van der Waals surface area contributed by atoms with Gasteiger partial charge in [0.25, 0.3) is 0 Å². The summed E-state index contributed by atoms with van der Waals surface area (Å²) >= 11 is 0. The Morgan fingerprint density at radius 2 is 2.00 bits per heavy atom. The second-order valence-electron chi connectivity index (χ2n) is 3.95. The lowest BCUT2D eigenvalue weighted by Crippen LogP contribution is -2.44. The number of urea groups is 1. The topological polar surface area (TPSA) is 87.2 Å². The number of carbonyl (C=O) groups excluding carboxylic acids is 2. The van der Waals surface area contributed by atoms with E-state index in [1.807, 2.05) is 0 Å². The van der Waals surface area contributed by atoms with Crippen LogP contribution in [0.4, 0.5) is 4.79 Å². The number of ether oxygens (including phenoxy) is 1. The monoisotopic (exact) mass is 272 g/mol. The number of hydrogen-bond donors (Lipinski definition) is 1. The van der Waals surface area contributed by atoms with Gasteiger partial charge in [0, 0.05) is 26.6 Å². The molecule has 0 aromatic heterocycles. The second-order valence-corrected chi connectivity index (χ2v) is 3.95. The van der Waals surface area contributed by atoms with Crippen LogP contribution < -0.4 is 0 Å². The maximum Gasteiger partial charge on any atom is 0.323 e. The standard InChI is InChI=1S/C12H20N2O5/c1-4-7-14(9-10(15)16)12(18)13(2)8-5-6-11(17)19-3/h4H,1,5-9H2,2-3H3,(H,15,16). The van der Waals surface area contributed by atoms with E-state index in [1.54, 1.807) is 7.05 Å². The number of methoxy groups -OCH3 is 1. The quantitative estimate of drug-likeness (QED) is 0.515. The van der Waals surface area contributed by atoms with Crippen LogP contribution >= 0.6 is 0 Å². The maximum atomic E-state index is 11.9. The zero-order valence-electron chi connectivity index (χ0n) is 11.3. The van der Waals surface area contributed by atoms with E-state index in [9.17, 15) is 14.4 Å². The lowest BCUT2D eigenvalue weighted by atomic mass is 10.3. The summed E-state index contributed by atoms with van der Waals surface area (Å²) in [5, 5.41) is 8.71. The van der Waals surface area contributed by atoms with Crippen molar-refractivity contribution in [2.45, 2.75) is 12.8 Å². The van der Waals surface area contributed by atoms with E-state index in [0.29, 0.717) is 13.0 Å². The van der Waals surface area contributed by atoms with Gasteiger partial charge in [-0.1, -0.05) is 6.08 Å². The first-order valence-corrected chi connectivity index (χ1v) is 5.82. The summed E-state index contributed by atoms with van der Waals surface area (Å²) in [7, 11) is 2.85. The van der Waals surface area contributed by atoms with E-state index in [-0.39, 0.29) is 25.5 Å². The molecule has 1 N–H and O–H groups in total. The second kappa shape index (κ2) is 8.96.